The summed E-state index contributed by atoms with van der Waals surface area (Å²) in [7, 11) is -3.76. The average molecular weight is 458 g/mol. The second-order valence-corrected chi connectivity index (χ2v) is 8.12. The summed E-state index contributed by atoms with van der Waals surface area (Å²) in [4.78, 5) is 11.9. The second kappa shape index (κ2) is 8.58. The molecule has 7 nitrogen and oxygen atoms in total. The highest BCUT2D eigenvalue weighted by atomic mass is 79.9. The monoisotopic (exact) mass is 457 g/mol. The summed E-state index contributed by atoms with van der Waals surface area (Å²) in [6.45, 7) is 1.73. The van der Waals surface area contributed by atoms with Gasteiger partial charge in [-0.25, -0.2) is 13.6 Å². The molecule has 2 aromatic carbocycles. The van der Waals surface area contributed by atoms with Crippen LogP contribution in [-0.4, -0.2) is 26.0 Å². The molecule has 0 aliphatic rings. The Hall–Kier alpha value is -2.01. The number of aryl methyl sites for hydroxylation is 1. The van der Waals surface area contributed by atoms with Gasteiger partial charge in [0.2, 0.25) is 10.0 Å². The van der Waals surface area contributed by atoms with Crippen molar-refractivity contribution in [1.29, 1.82) is 0 Å². The maximum atomic E-state index is 11.9. The van der Waals surface area contributed by atoms with Crippen LogP contribution in [0.15, 0.2) is 51.8 Å². The number of thiocarbonyl (C=S) groups is 1. The number of anilines is 1. The summed E-state index contributed by atoms with van der Waals surface area (Å²) in [6, 6.07) is 11.1. The first kappa shape index (κ1) is 20.3. The van der Waals surface area contributed by atoms with Gasteiger partial charge in [0.25, 0.3) is 5.91 Å². The maximum Gasteiger partial charge on any atom is 0.264 e. The van der Waals surface area contributed by atoms with Crippen LogP contribution in [0.4, 0.5) is 5.69 Å². The number of benzene rings is 2. The highest BCUT2D eigenvalue weighted by Crippen LogP contribution is 2.25. The van der Waals surface area contributed by atoms with Gasteiger partial charge in [-0.05, 0) is 77.0 Å². The lowest BCUT2D eigenvalue weighted by Crippen LogP contribution is -2.37. The predicted molar refractivity (Wildman–Crippen MR) is 107 cm³/mol. The molecule has 0 spiro atoms. The molecule has 0 atom stereocenters. The molecule has 138 valence electrons. The molecule has 0 fully saturated rings. The zero-order valence-corrected chi connectivity index (χ0v) is 16.9. The van der Waals surface area contributed by atoms with Gasteiger partial charge >= 0.3 is 0 Å². The Morgan fingerprint density at radius 2 is 1.88 bits per heavy atom. The van der Waals surface area contributed by atoms with Crippen LogP contribution in [-0.2, 0) is 14.8 Å². The number of amides is 1. The van der Waals surface area contributed by atoms with E-state index in [-0.39, 0.29) is 16.6 Å². The molecule has 0 saturated heterocycles. The molecule has 0 aliphatic carbocycles. The summed E-state index contributed by atoms with van der Waals surface area (Å²) in [5, 5.41) is 10.3. The molecule has 0 saturated carbocycles. The molecule has 0 heterocycles. The molecule has 0 radical (unpaired) electrons. The second-order valence-electron chi connectivity index (χ2n) is 5.29. The van der Waals surface area contributed by atoms with E-state index in [2.05, 4.69) is 26.6 Å². The number of nitrogens with two attached hydrogens (primary N) is 1. The molecular weight excluding hydrogens is 442 g/mol. The fourth-order valence-electron chi connectivity index (χ4n) is 1.92. The zero-order valence-electron chi connectivity index (χ0n) is 13.7. The van der Waals surface area contributed by atoms with Gasteiger partial charge in [0.05, 0.1) is 9.37 Å². The Morgan fingerprint density at radius 3 is 2.46 bits per heavy atom. The quantitative estimate of drug-likeness (QED) is 0.594. The lowest BCUT2D eigenvalue weighted by Gasteiger charge is -2.11. The maximum absolute atomic E-state index is 11.9. The molecular formula is C16H16BrN3O4S2. The summed E-state index contributed by atoms with van der Waals surface area (Å²) in [5.74, 6) is 0.111. The van der Waals surface area contributed by atoms with Crippen molar-refractivity contribution >= 4 is 54.9 Å². The van der Waals surface area contributed by atoms with Gasteiger partial charge < -0.3 is 10.1 Å². The van der Waals surface area contributed by atoms with Crippen LogP contribution in [0.25, 0.3) is 0 Å². The van der Waals surface area contributed by atoms with Crippen LogP contribution in [0.1, 0.15) is 5.56 Å². The van der Waals surface area contributed by atoms with E-state index in [1.807, 2.05) is 19.1 Å². The Morgan fingerprint density at radius 1 is 1.23 bits per heavy atom. The number of primary sulfonamides is 1. The van der Waals surface area contributed by atoms with Crippen LogP contribution < -0.4 is 20.5 Å². The standard InChI is InChI=1S/C16H16BrN3O4S2/c1-10-2-7-14(13(17)8-10)24-9-15(21)20-16(25)19-11-3-5-12(6-4-11)26(18,22)23/h2-8H,9H2,1H3,(H2,18,22,23)(H2,19,20,21,25). The Balaban J connectivity index is 1.86. The Labute approximate surface area is 165 Å². The van der Waals surface area contributed by atoms with Gasteiger partial charge in [-0.3, -0.25) is 10.1 Å². The van der Waals surface area contributed by atoms with Crippen molar-refractivity contribution in [1.82, 2.24) is 5.32 Å². The third kappa shape index (κ3) is 6.06. The number of nitrogens with one attached hydrogen (secondary N) is 2. The molecule has 26 heavy (non-hydrogen) atoms. The van der Waals surface area contributed by atoms with E-state index >= 15 is 0 Å². The normalized spacial score (nSPS) is 10.9. The molecule has 4 N–H and O–H groups in total. The number of carbonyl (C=O) groups is 1. The fourth-order valence-corrected chi connectivity index (χ4v) is 3.27. The van der Waals surface area contributed by atoms with Crippen LogP contribution in [0.3, 0.4) is 0 Å². The largest absolute Gasteiger partial charge is 0.483 e. The Kier molecular flexibility index (Phi) is 6.70. The minimum Gasteiger partial charge on any atom is -0.483 e. The zero-order chi connectivity index (χ0) is 19.3. The van der Waals surface area contributed by atoms with Crippen LogP contribution in [0.5, 0.6) is 5.75 Å². The highest BCUT2D eigenvalue weighted by Gasteiger charge is 2.10. The third-order valence-electron chi connectivity index (χ3n) is 3.14. The van der Waals surface area contributed by atoms with E-state index in [0.29, 0.717) is 11.4 Å². The first-order chi connectivity index (χ1) is 12.1. The van der Waals surface area contributed by atoms with Crippen molar-refractivity contribution in [2.24, 2.45) is 5.14 Å². The van der Waals surface area contributed by atoms with Crippen molar-refractivity contribution in [3.8, 4) is 5.75 Å². The topological polar surface area (TPSA) is 111 Å². The smallest absolute Gasteiger partial charge is 0.264 e. The molecule has 2 aromatic rings. The van der Waals surface area contributed by atoms with Crippen molar-refractivity contribution in [2.45, 2.75) is 11.8 Å². The van der Waals surface area contributed by atoms with Crippen molar-refractivity contribution in [3.05, 3.63) is 52.5 Å². The van der Waals surface area contributed by atoms with Gasteiger partial charge in [-0.1, -0.05) is 6.07 Å². The predicted octanol–water partition coefficient (Wildman–Crippen LogP) is 2.30. The van der Waals surface area contributed by atoms with Crippen LogP contribution >= 0.6 is 28.1 Å². The van der Waals surface area contributed by atoms with Gasteiger partial charge in [-0.15, -0.1) is 0 Å². The number of carbonyl (C=O) groups excluding carboxylic acids is 1. The van der Waals surface area contributed by atoms with E-state index in [9.17, 15) is 13.2 Å². The van der Waals surface area contributed by atoms with Crippen LogP contribution in [0, 0.1) is 6.92 Å². The number of halogens is 1. The summed E-state index contributed by atoms with van der Waals surface area (Å²) < 4.78 is 28.6. The first-order valence-corrected chi connectivity index (χ1v) is 10.0. The number of ether oxygens (including phenoxy) is 1. The van der Waals surface area contributed by atoms with Crippen molar-refractivity contribution < 1.29 is 17.9 Å². The van der Waals surface area contributed by atoms with E-state index in [4.69, 9.17) is 22.1 Å². The van der Waals surface area contributed by atoms with Crippen molar-refractivity contribution in [2.75, 3.05) is 11.9 Å². The highest BCUT2D eigenvalue weighted by molar-refractivity contribution is 9.10. The fraction of sp³-hybridized carbons (Fsp3) is 0.125. The Bertz CT molecular complexity index is 931. The van der Waals surface area contributed by atoms with E-state index in [0.717, 1.165) is 10.0 Å². The molecule has 0 bridgehead atoms. The van der Waals surface area contributed by atoms with E-state index in [1.54, 1.807) is 6.07 Å². The molecule has 0 unspecified atom stereocenters. The van der Waals surface area contributed by atoms with Gasteiger partial charge in [0.1, 0.15) is 5.75 Å². The number of hydrogen-bond donors (Lipinski definition) is 3. The number of sulfonamides is 1. The van der Waals surface area contributed by atoms with Gasteiger partial charge in [0, 0.05) is 5.69 Å². The lowest BCUT2D eigenvalue weighted by atomic mass is 10.2. The first-order valence-electron chi connectivity index (χ1n) is 7.28. The molecule has 2 rings (SSSR count). The molecule has 0 aliphatic heterocycles. The van der Waals surface area contributed by atoms with Gasteiger partial charge in [0.15, 0.2) is 11.7 Å². The SMILES string of the molecule is Cc1ccc(OCC(=O)NC(=S)Nc2ccc(S(N)(=O)=O)cc2)c(Br)c1. The molecule has 0 aromatic heterocycles. The number of rotatable bonds is 5. The van der Waals surface area contributed by atoms with Gasteiger partial charge in [-0.2, -0.15) is 0 Å². The summed E-state index contributed by atoms with van der Waals surface area (Å²) >= 11 is 8.41. The van der Waals surface area contributed by atoms with Crippen LogP contribution in [0.2, 0.25) is 0 Å². The molecule has 10 heteroatoms. The number of hydrogen-bond acceptors (Lipinski definition) is 5. The minimum atomic E-state index is -3.76. The van der Waals surface area contributed by atoms with E-state index in [1.165, 1.54) is 24.3 Å². The van der Waals surface area contributed by atoms with Crippen molar-refractivity contribution in [3.63, 3.8) is 0 Å². The molecule has 1 amide bonds. The van der Waals surface area contributed by atoms with E-state index < -0.39 is 15.9 Å². The summed E-state index contributed by atoms with van der Waals surface area (Å²) in [5.41, 5.74) is 1.57. The third-order valence-corrected chi connectivity index (χ3v) is 4.89. The lowest BCUT2D eigenvalue weighted by molar-refractivity contribution is -0.121. The minimum absolute atomic E-state index is 0.0184. The average Bonchev–Trinajstić information content (AvgIpc) is 2.53. The summed E-state index contributed by atoms with van der Waals surface area (Å²) in [6.07, 6.45) is 0.